The number of anilines is 1. The minimum Gasteiger partial charge on any atom is -0.505 e. The number of aliphatic hydroxyl groups is 1. The van der Waals surface area contributed by atoms with E-state index in [1.165, 1.54) is 6.08 Å². The Morgan fingerprint density at radius 3 is 2.55 bits per heavy atom. The number of hydrogen-bond donors (Lipinski definition) is 3. The summed E-state index contributed by atoms with van der Waals surface area (Å²) in [6, 6.07) is 8.61. The molecule has 2 aromatic rings. The lowest BCUT2D eigenvalue weighted by atomic mass is 10.1. The molecule has 0 fully saturated rings. The molecule has 3 N–H and O–H groups in total. The predicted molar refractivity (Wildman–Crippen MR) is 122 cm³/mol. The smallest absolute Gasteiger partial charge is 0.343 e. The number of carbonyl (C=O) groups is 3. The molecule has 0 aliphatic carbocycles. The number of aliphatic hydroxyl groups excluding tert-OH is 1. The molecule has 1 aromatic heterocycles. The van der Waals surface area contributed by atoms with Crippen LogP contribution in [-0.4, -0.2) is 35.2 Å². The summed E-state index contributed by atoms with van der Waals surface area (Å²) in [5.41, 5.74) is 3.13. The first-order valence-corrected chi connectivity index (χ1v) is 10.3. The second-order valence-electron chi connectivity index (χ2n) is 7.41. The van der Waals surface area contributed by atoms with Gasteiger partial charge in [0.25, 0.3) is 0 Å². The van der Waals surface area contributed by atoms with Crippen molar-refractivity contribution in [2.24, 2.45) is 4.99 Å². The van der Waals surface area contributed by atoms with Crippen molar-refractivity contribution in [3.63, 3.8) is 0 Å². The monoisotopic (exact) mass is 451 g/mol. The van der Waals surface area contributed by atoms with Crippen molar-refractivity contribution in [2.45, 2.75) is 34.2 Å². The van der Waals surface area contributed by atoms with E-state index >= 15 is 0 Å². The lowest BCUT2D eigenvalue weighted by Gasteiger charge is -2.07. The Morgan fingerprint density at radius 2 is 1.85 bits per heavy atom. The fraction of sp³-hybridized carbons (Fsp3) is 0.250. The average Bonchev–Trinajstić information content (AvgIpc) is 3.32. The van der Waals surface area contributed by atoms with Gasteiger partial charge in [-0.05, 0) is 63.1 Å². The topological polar surface area (TPSA) is 130 Å². The van der Waals surface area contributed by atoms with Gasteiger partial charge in [-0.1, -0.05) is 6.07 Å². The maximum atomic E-state index is 12.1. The van der Waals surface area contributed by atoms with Crippen LogP contribution >= 0.6 is 0 Å². The molecule has 33 heavy (non-hydrogen) atoms. The Kier molecular flexibility index (Phi) is 7.12. The maximum absolute atomic E-state index is 12.1. The first kappa shape index (κ1) is 23.5. The van der Waals surface area contributed by atoms with Gasteiger partial charge in [0.1, 0.15) is 22.8 Å². The third kappa shape index (κ3) is 5.57. The van der Waals surface area contributed by atoms with Gasteiger partial charge < -0.3 is 24.9 Å². The molecule has 0 spiro atoms. The number of benzene rings is 1. The number of nitrogens with one attached hydrogen (secondary N) is 2. The number of nitrogens with zero attached hydrogens (tertiary/aromatic N) is 1. The van der Waals surface area contributed by atoms with Gasteiger partial charge >= 0.3 is 17.8 Å². The molecule has 0 saturated heterocycles. The van der Waals surface area contributed by atoms with Crippen molar-refractivity contribution in [2.75, 3.05) is 11.9 Å². The first-order chi connectivity index (χ1) is 15.7. The van der Waals surface area contributed by atoms with E-state index in [0.717, 1.165) is 11.1 Å². The van der Waals surface area contributed by atoms with E-state index < -0.39 is 17.8 Å². The third-order valence-corrected chi connectivity index (χ3v) is 4.96. The molecule has 9 heteroatoms. The van der Waals surface area contributed by atoms with Crippen LogP contribution in [0.1, 0.15) is 36.5 Å². The standard InChI is InChI=1S/C24H25N3O6/c1-5-32-24(31)20-15(4)26-19(21(20)28)11-17-8-9-18(33-17)12-25-22(29)23(30)27-16-7-6-13(2)14(3)10-16/h6-11,28H,5,12H2,1-4H3,(H,25,29)(H,27,30)/b19-11-. The van der Waals surface area contributed by atoms with Crippen LogP contribution in [0, 0.1) is 13.8 Å². The van der Waals surface area contributed by atoms with Crippen LogP contribution < -0.4 is 10.6 Å². The van der Waals surface area contributed by atoms with E-state index in [2.05, 4.69) is 15.6 Å². The number of rotatable bonds is 6. The van der Waals surface area contributed by atoms with E-state index in [-0.39, 0.29) is 30.2 Å². The highest BCUT2D eigenvalue weighted by Gasteiger charge is 2.27. The molecule has 0 saturated carbocycles. The number of esters is 1. The largest absolute Gasteiger partial charge is 0.505 e. The van der Waals surface area contributed by atoms with Crippen molar-refractivity contribution < 1.29 is 28.6 Å². The van der Waals surface area contributed by atoms with E-state index in [1.54, 1.807) is 38.1 Å². The molecule has 1 aromatic carbocycles. The number of ether oxygens (including phenoxy) is 1. The summed E-state index contributed by atoms with van der Waals surface area (Å²) in [6.45, 7) is 7.30. The highest BCUT2D eigenvalue weighted by molar-refractivity contribution is 6.39. The molecular formula is C24H25N3O6. The number of furan rings is 1. The Hall–Kier alpha value is -4.14. The number of aliphatic imine (C=N–C) groups is 1. The summed E-state index contributed by atoms with van der Waals surface area (Å²) >= 11 is 0. The highest BCUT2D eigenvalue weighted by Crippen LogP contribution is 2.27. The number of aryl methyl sites for hydroxylation is 2. The first-order valence-electron chi connectivity index (χ1n) is 10.3. The zero-order chi connectivity index (χ0) is 24.1. The van der Waals surface area contributed by atoms with Gasteiger partial charge in [-0.2, -0.15) is 0 Å². The quantitative estimate of drug-likeness (QED) is 0.456. The van der Waals surface area contributed by atoms with Crippen LogP contribution in [0.2, 0.25) is 0 Å². The molecule has 9 nitrogen and oxygen atoms in total. The van der Waals surface area contributed by atoms with E-state index in [1.807, 2.05) is 19.9 Å². The van der Waals surface area contributed by atoms with Gasteiger partial charge in [-0.25, -0.2) is 9.79 Å². The molecule has 0 radical (unpaired) electrons. The summed E-state index contributed by atoms with van der Waals surface area (Å²) < 4.78 is 10.5. The van der Waals surface area contributed by atoms with Crippen LogP contribution in [0.4, 0.5) is 5.69 Å². The summed E-state index contributed by atoms with van der Waals surface area (Å²) in [4.78, 5) is 40.4. The zero-order valence-corrected chi connectivity index (χ0v) is 18.8. The minimum atomic E-state index is -0.805. The summed E-state index contributed by atoms with van der Waals surface area (Å²) in [5.74, 6) is -1.80. The molecule has 0 atom stereocenters. The lowest BCUT2D eigenvalue weighted by Crippen LogP contribution is -2.34. The van der Waals surface area contributed by atoms with Gasteiger partial charge in [-0.3, -0.25) is 9.59 Å². The van der Waals surface area contributed by atoms with Gasteiger partial charge in [0.2, 0.25) is 0 Å². The number of amides is 2. The molecule has 2 amide bonds. The Labute approximate surface area is 190 Å². The van der Waals surface area contributed by atoms with Crippen molar-refractivity contribution in [3.8, 4) is 0 Å². The fourth-order valence-electron chi connectivity index (χ4n) is 3.09. The number of hydrogen-bond acceptors (Lipinski definition) is 7. The van der Waals surface area contributed by atoms with Crippen LogP contribution in [0.25, 0.3) is 6.08 Å². The highest BCUT2D eigenvalue weighted by atomic mass is 16.5. The molecule has 1 aliphatic rings. The van der Waals surface area contributed by atoms with E-state index in [0.29, 0.717) is 22.9 Å². The van der Waals surface area contributed by atoms with Gasteiger partial charge in [0.05, 0.1) is 18.9 Å². The Bertz CT molecular complexity index is 1200. The van der Waals surface area contributed by atoms with Crippen LogP contribution in [0.15, 0.2) is 56.8 Å². The van der Waals surface area contributed by atoms with E-state index in [4.69, 9.17) is 9.15 Å². The third-order valence-electron chi connectivity index (χ3n) is 4.96. The summed E-state index contributed by atoms with van der Waals surface area (Å²) in [7, 11) is 0. The molecule has 0 bridgehead atoms. The number of carbonyl (C=O) groups excluding carboxylic acids is 3. The Morgan fingerprint density at radius 1 is 1.09 bits per heavy atom. The van der Waals surface area contributed by atoms with Gasteiger partial charge in [0.15, 0.2) is 5.76 Å². The molecule has 0 unspecified atom stereocenters. The lowest BCUT2D eigenvalue weighted by molar-refractivity contribution is -0.138. The summed E-state index contributed by atoms with van der Waals surface area (Å²) in [5, 5.41) is 15.4. The van der Waals surface area contributed by atoms with Crippen molar-refractivity contribution in [3.05, 3.63) is 70.0 Å². The van der Waals surface area contributed by atoms with Gasteiger partial charge in [0, 0.05) is 11.8 Å². The normalized spacial score (nSPS) is 14.3. The molecule has 3 rings (SSSR count). The molecule has 1 aliphatic heterocycles. The molecule has 2 heterocycles. The van der Waals surface area contributed by atoms with Crippen molar-refractivity contribution in [1.29, 1.82) is 0 Å². The van der Waals surface area contributed by atoms with Crippen LogP contribution in [0.5, 0.6) is 0 Å². The Balaban J connectivity index is 1.61. The summed E-state index contributed by atoms with van der Waals surface area (Å²) in [6.07, 6.45) is 1.46. The zero-order valence-electron chi connectivity index (χ0n) is 18.8. The van der Waals surface area contributed by atoms with Crippen molar-refractivity contribution >= 4 is 35.3 Å². The second-order valence-corrected chi connectivity index (χ2v) is 7.41. The average molecular weight is 451 g/mol. The van der Waals surface area contributed by atoms with Gasteiger partial charge in [-0.15, -0.1) is 0 Å². The molecule has 172 valence electrons. The second kappa shape index (κ2) is 9.99. The van der Waals surface area contributed by atoms with Crippen molar-refractivity contribution in [1.82, 2.24) is 5.32 Å². The van der Waals surface area contributed by atoms with Crippen LogP contribution in [0.3, 0.4) is 0 Å². The fourth-order valence-corrected chi connectivity index (χ4v) is 3.09. The minimum absolute atomic E-state index is 0.0110. The van der Waals surface area contributed by atoms with Crippen LogP contribution in [-0.2, 0) is 25.7 Å². The maximum Gasteiger partial charge on any atom is 0.343 e. The SMILES string of the molecule is CCOC(=O)C1=C(O)/C(=C/c2ccc(CNC(=O)C(=O)Nc3ccc(C)c(C)c3)o2)N=C1C. The predicted octanol–water partition coefficient (Wildman–Crippen LogP) is 3.34. The van der Waals surface area contributed by atoms with E-state index in [9.17, 15) is 19.5 Å². The molecular weight excluding hydrogens is 426 g/mol.